The van der Waals surface area contributed by atoms with Gasteiger partial charge in [0.25, 0.3) is 0 Å². The van der Waals surface area contributed by atoms with Crippen molar-refractivity contribution in [3.8, 4) is 0 Å². The van der Waals surface area contributed by atoms with E-state index in [1.807, 2.05) is 56.3 Å². The Balaban J connectivity index is 1.50. The van der Waals surface area contributed by atoms with Gasteiger partial charge in [-0.3, -0.25) is 14.4 Å². The van der Waals surface area contributed by atoms with Crippen LogP contribution in [0.25, 0.3) is 0 Å². The minimum absolute atomic E-state index is 0.0319. The Bertz CT molecular complexity index is 1230. The SMILES string of the molecule is CC[C@@H](CO)N1C(=O)[C@@H]2[C@@H](C(=O)NCc3ccccc3)[C@@H]3SC2(CC3Br)C1C(=O)Nc1c(C)cccc1Cl. The van der Waals surface area contributed by atoms with Gasteiger partial charge in [-0.05, 0) is 37.0 Å². The van der Waals surface area contributed by atoms with Crippen molar-refractivity contribution >= 4 is 62.7 Å². The molecule has 7 nitrogen and oxygen atoms in total. The molecule has 3 saturated heterocycles. The molecule has 202 valence electrons. The van der Waals surface area contributed by atoms with Crippen LogP contribution < -0.4 is 10.6 Å². The quantitative estimate of drug-likeness (QED) is 0.386. The largest absolute Gasteiger partial charge is 0.394 e. The summed E-state index contributed by atoms with van der Waals surface area (Å²) in [5.74, 6) is -2.02. The van der Waals surface area contributed by atoms with Gasteiger partial charge in [-0.25, -0.2) is 0 Å². The van der Waals surface area contributed by atoms with Gasteiger partial charge in [-0.2, -0.15) is 0 Å². The van der Waals surface area contributed by atoms with E-state index in [9.17, 15) is 19.5 Å². The Labute approximate surface area is 240 Å². The first kappa shape index (κ1) is 27.5. The summed E-state index contributed by atoms with van der Waals surface area (Å²) in [7, 11) is 0. The molecule has 2 bridgehead atoms. The van der Waals surface area contributed by atoms with Crippen molar-refractivity contribution in [1.29, 1.82) is 0 Å². The highest BCUT2D eigenvalue weighted by Crippen LogP contribution is 2.68. The number of carbonyl (C=O) groups excluding carboxylic acids is 3. The molecule has 0 radical (unpaired) electrons. The molecule has 0 saturated carbocycles. The highest BCUT2D eigenvalue weighted by atomic mass is 79.9. The highest BCUT2D eigenvalue weighted by Gasteiger charge is 2.76. The number of hydrogen-bond donors (Lipinski definition) is 3. The fraction of sp³-hybridized carbons (Fsp3) is 0.464. The second kappa shape index (κ2) is 10.8. The van der Waals surface area contributed by atoms with E-state index in [1.54, 1.807) is 22.7 Å². The number of aryl methyl sites for hydroxylation is 1. The number of hydrogen-bond acceptors (Lipinski definition) is 5. The number of fused-ring (bicyclic) bond motifs is 1. The maximum Gasteiger partial charge on any atom is 0.248 e. The van der Waals surface area contributed by atoms with E-state index < -0.39 is 28.7 Å². The molecule has 3 amide bonds. The fourth-order valence-corrected chi connectivity index (χ4v) is 10.2. The summed E-state index contributed by atoms with van der Waals surface area (Å²) >= 11 is 11.8. The molecule has 7 atom stereocenters. The number of likely N-dealkylation sites (tertiary alicyclic amines) is 1. The van der Waals surface area contributed by atoms with Gasteiger partial charge in [0.15, 0.2) is 0 Å². The summed E-state index contributed by atoms with van der Waals surface area (Å²) in [5.41, 5.74) is 2.29. The van der Waals surface area contributed by atoms with E-state index in [4.69, 9.17) is 11.6 Å². The van der Waals surface area contributed by atoms with E-state index in [2.05, 4.69) is 26.6 Å². The van der Waals surface area contributed by atoms with Crippen LogP contribution in [0.5, 0.6) is 0 Å². The Morgan fingerprint density at radius 2 is 1.95 bits per heavy atom. The highest BCUT2D eigenvalue weighted by molar-refractivity contribution is 9.09. The van der Waals surface area contributed by atoms with Crippen LogP contribution in [-0.4, -0.2) is 61.2 Å². The predicted octanol–water partition coefficient (Wildman–Crippen LogP) is 4.14. The van der Waals surface area contributed by atoms with Gasteiger partial charge in [0.05, 0.1) is 39.9 Å². The average Bonchev–Trinajstić information content (AvgIpc) is 3.50. The van der Waals surface area contributed by atoms with Crippen LogP contribution in [-0.2, 0) is 20.9 Å². The zero-order chi connectivity index (χ0) is 27.2. The van der Waals surface area contributed by atoms with E-state index in [0.29, 0.717) is 30.1 Å². The van der Waals surface area contributed by atoms with Crippen molar-refractivity contribution in [1.82, 2.24) is 10.2 Å². The van der Waals surface area contributed by atoms with E-state index in [1.165, 1.54) is 0 Å². The zero-order valence-corrected chi connectivity index (χ0v) is 24.4. The van der Waals surface area contributed by atoms with Crippen LogP contribution >= 0.6 is 39.3 Å². The molecular weight excluding hydrogens is 590 g/mol. The van der Waals surface area contributed by atoms with Gasteiger partial charge >= 0.3 is 0 Å². The number of aliphatic hydroxyl groups excluding tert-OH is 1. The Morgan fingerprint density at radius 1 is 1.21 bits per heavy atom. The second-order valence-corrected chi connectivity index (χ2v) is 13.4. The maximum atomic E-state index is 14.1. The number of nitrogens with zero attached hydrogens (tertiary/aromatic N) is 1. The molecule has 38 heavy (non-hydrogen) atoms. The van der Waals surface area contributed by atoms with E-state index >= 15 is 0 Å². The summed E-state index contributed by atoms with van der Waals surface area (Å²) in [5, 5.41) is 16.5. The Morgan fingerprint density at radius 3 is 2.61 bits per heavy atom. The molecule has 10 heteroatoms. The monoisotopic (exact) mass is 619 g/mol. The molecule has 3 heterocycles. The van der Waals surface area contributed by atoms with Crippen LogP contribution in [0.15, 0.2) is 48.5 Å². The molecule has 2 aromatic rings. The minimum Gasteiger partial charge on any atom is -0.394 e. The molecule has 1 spiro atoms. The third kappa shape index (κ3) is 4.45. The van der Waals surface area contributed by atoms with Crippen molar-refractivity contribution in [3.63, 3.8) is 0 Å². The van der Waals surface area contributed by atoms with Gasteiger partial charge in [0, 0.05) is 16.6 Å². The number of para-hydroxylation sites is 1. The molecule has 5 rings (SSSR count). The molecule has 2 aromatic carbocycles. The first-order valence-corrected chi connectivity index (χ1v) is 15.0. The number of rotatable bonds is 8. The van der Waals surface area contributed by atoms with Gasteiger partial charge < -0.3 is 20.6 Å². The lowest BCUT2D eigenvalue weighted by molar-refractivity contribution is -0.142. The molecule has 3 aliphatic heterocycles. The lowest BCUT2D eigenvalue weighted by Gasteiger charge is -2.37. The number of aliphatic hydroxyl groups is 1. The van der Waals surface area contributed by atoms with Crippen LogP contribution in [0.3, 0.4) is 0 Å². The standard InChI is InChI=1S/C28H31BrClN3O4S/c1-3-17(14-34)33-24(26(36)32-22-15(2)8-7-11-19(22)30)28-12-18(29)23(38-28)20(21(28)27(33)37)25(35)31-13-16-9-5-4-6-10-16/h4-11,17-18,20-21,23-24,34H,3,12-14H2,1-2H3,(H,31,35)(H,32,36)/t17-,18?,20+,21-,23+,24?,28?/m0/s1. The zero-order valence-electron chi connectivity index (χ0n) is 21.2. The third-order valence-electron chi connectivity index (χ3n) is 8.13. The van der Waals surface area contributed by atoms with Gasteiger partial charge in [-0.1, -0.05) is 76.9 Å². The summed E-state index contributed by atoms with van der Waals surface area (Å²) in [4.78, 5) is 43.3. The molecule has 0 aromatic heterocycles. The van der Waals surface area contributed by atoms with Crippen molar-refractivity contribution < 1.29 is 19.5 Å². The molecule has 3 fully saturated rings. The third-order valence-corrected chi connectivity index (χ3v) is 11.7. The lowest BCUT2D eigenvalue weighted by Crippen LogP contribution is -2.55. The lowest BCUT2D eigenvalue weighted by atomic mass is 9.70. The summed E-state index contributed by atoms with van der Waals surface area (Å²) in [6.45, 7) is 3.84. The number of halogens is 2. The van der Waals surface area contributed by atoms with Crippen LogP contribution in [0, 0.1) is 18.8 Å². The number of benzene rings is 2. The summed E-state index contributed by atoms with van der Waals surface area (Å²) in [6, 6.07) is 13.6. The molecule has 0 aliphatic carbocycles. The molecule has 3 unspecified atom stereocenters. The van der Waals surface area contributed by atoms with E-state index in [-0.39, 0.29) is 34.4 Å². The Kier molecular flexibility index (Phi) is 7.84. The van der Waals surface area contributed by atoms with Crippen molar-refractivity contribution in [2.45, 2.75) is 60.1 Å². The second-order valence-electron chi connectivity index (χ2n) is 10.3. The smallest absolute Gasteiger partial charge is 0.248 e. The van der Waals surface area contributed by atoms with E-state index in [0.717, 1.165) is 11.1 Å². The number of anilines is 1. The van der Waals surface area contributed by atoms with Crippen molar-refractivity contribution in [3.05, 3.63) is 64.7 Å². The number of thioether (sulfide) groups is 1. The predicted molar refractivity (Wildman–Crippen MR) is 153 cm³/mol. The van der Waals surface area contributed by atoms with Gasteiger partial charge in [0.2, 0.25) is 17.7 Å². The summed E-state index contributed by atoms with van der Waals surface area (Å²) < 4.78 is -0.799. The average molecular weight is 621 g/mol. The topological polar surface area (TPSA) is 98.7 Å². The van der Waals surface area contributed by atoms with Crippen LogP contribution in [0.1, 0.15) is 30.9 Å². The normalized spacial score (nSPS) is 30.3. The number of alkyl halides is 1. The first-order chi connectivity index (χ1) is 18.2. The minimum atomic E-state index is -0.852. The van der Waals surface area contributed by atoms with Crippen molar-refractivity contribution in [2.75, 3.05) is 11.9 Å². The van der Waals surface area contributed by atoms with Crippen molar-refractivity contribution in [2.24, 2.45) is 11.8 Å². The molecule has 3 aliphatic rings. The number of nitrogens with one attached hydrogen (secondary N) is 2. The number of carbonyl (C=O) groups is 3. The molecule has 3 N–H and O–H groups in total. The Hall–Kier alpha value is -2.07. The summed E-state index contributed by atoms with van der Waals surface area (Å²) in [6.07, 6.45) is 1.05. The number of amides is 3. The maximum absolute atomic E-state index is 14.1. The molecular formula is C28H31BrClN3O4S. The van der Waals surface area contributed by atoms with Gasteiger partial charge in [-0.15, -0.1) is 11.8 Å². The van der Waals surface area contributed by atoms with Crippen LogP contribution in [0.2, 0.25) is 5.02 Å². The fourth-order valence-electron chi connectivity index (χ4n) is 6.36. The first-order valence-electron chi connectivity index (χ1n) is 12.9. The van der Waals surface area contributed by atoms with Gasteiger partial charge in [0.1, 0.15) is 6.04 Å². The van der Waals surface area contributed by atoms with Crippen LogP contribution in [0.4, 0.5) is 5.69 Å².